The van der Waals surface area contributed by atoms with Gasteiger partial charge in [0, 0.05) is 36.1 Å². The first-order valence-corrected chi connectivity index (χ1v) is 16.0. The molecule has 2 aromatic rings. The predicted molar refractivity (Wildman–Crippen MR) is 170 cm³/mol. The van der Waals surface area contributed by atoms with E-state index in [9.17, 15) is 20.1 Å². The summed E-state index contributed by atoms with van der Waals surface area (Å²) in [5.74, 6) is 0.0577. The monoisotopic (exact) mass is 594 g/mol. The molecule has 1 aliphatic rings. The summed E-state index contributed by atoms with van der Waals surface area (Å²) in [7, 11) is 0. The highest BCUT2D eigenvalue weighted by molar-refractivity contribution is 5.69. The van der Waals surface area contributed by atoms with Crippen LogP contribution in [0.2, 0.25) is 0 Å². The summed E-state index contributed by atoms with van der Waals surface area (Å²) >= 11 is 0. The van der Waals surface area contributed by atoms with Crippen LogP contribution in [0.4, 0.5) is 0 Å². The summed E-state index contributed by atoms with van der Waals surface area (Å²) in [6.07, 6.45) is 20.3. The lowest BCUT2D eigenvalue weighted by Crippen LogP contribution is -2.35. The van der Waals surface area contributed by atoms with Crippen LogP contribution in [0.1, 0.15) is 115 Å². The van der Waals surface area contributed by atoms with Gasteiger partial charge in [0.05, 0.1) is 6.10 Å². The number of carbonyl (C=O) groups excluding carboxylic acids is 1. The SMILES string of the molecule is CCCCC/C=C\C/C=C\CCCCCCCC(=O)OC1Cc2c(OC(C)C)cc(O)cc2OC1c1ccc(O)c(O)c1. The van der Waals surface area contributed by atoms with E-state index in [4.69, 9.17) is 14.2 Å². The Morgan fingerprint density at radius 1 is 0.907 bits per heavy atom. The van der Waals surface area contributed by atoms with E-state index in [2.05, 4.69) is 31.2 Å². The molecule has 3 N–H and O–H groups in total. The van der Waals surface area contributed by atoms with Crippen LogP contribution < -0.4 is 9.47 Å². The van der Waals surface area contributed by atoms with Crippen LogP contribution in [-0.2, 0) is 16.0 Å². The molecule has 1 aliphatic heterocycles. The fraction of sp³-hybridized carbons (Fsp3) is 0.528. The fourth-order valence-electron chi connectivity index (χ4n) is 5.20. The molecular formula is C36H50O7. The Kier molecular flexibility index (Phi) is 14.3. The molecule has 7 heteroatoms. The number of carbonyl (C=O) groups is 1. The molecule has 0 radical (unpaired) electrons. The number of hydrogen-bond donors (Lipinski definition) is 3. The summed E-state index contributed by atoms with van der Waals surface area (Å²) in [6, 6.07) is 7.45. The van der Waals surface area contributed by atoms with Gasteiger partial charge in [0.2, 0.25) is 0 Å². The van der Waals surface area contributed by atoms with Gasteiger partial charge in [0.1, 0.15) is 23.4 Å². The van der Waals surface area contributed by atoms with Gasteiger partial charge in [-0.15, -0.1) is 0 Å². The van der Waals surface area contributed by atoms with Gasteiger partial charge >= 0.3 is 5.97 Å². The Balaban J connectivity index is 1.48. The van der Waals surface area contributed by atoms with Crippen LogP contribution in [0.3, 0.4) is 0 Å². The maximum absolute atomic E-state index is 12.9. The number of phenols is 3. The van der Waals surface area contributed by atoms with E-state index < -0.39 is 12.2 Å². The highest BCUT2D eigenvalue weighted by Gasteiger charge is 2.37. The van der Waals surface area contributed by atoms with Crippen molar-refractivity contribution in [2.75, 3.05) is 0 Å². The van der Waals surface area contributed by atoms with Crippen LogP contribution in [-0.4, -0.2) is 33.5 Å². The highest BCUT2D eigenvalue weighted by Crippen LogP contribution is 2.44. The minimum atomic E-state index is -0.735. The first-order valence-electron chi connectivity index (χ1n) is 16.0. The molecule has 2 unspecified atom stereocenters. The van der Waals surface area contributed by atoms with Crippen molar-refractivity contribution < 1.29 is 34.3 Å². The standard InChI is InChI=1S/C36H50O7/c1-4-5-6-7-8-9-10-11-12-13-14-15-16-17-18-19-35(40)42-34-25-29-32(41-26(2)3)23-28(37)24-33(29)43-36(34)27-20-21-30(38)31(39)22-27/h8-9,11-12,20-24,26,34,36-39H,4-7,10,13-19,25H2,1-3H3/b9-8-,12-11-. The first-order chi connectivity index (χ1) is 20.8. The van der Waals surface area contributed by atoms with Gasteiger partial charge in [-0.05, 0) is 64.5 Å². The number of aromatic hydroxyl groups is 3. The number of phenolic OH excluding ortho intramolecular Hbond substituents is 3. The van der Waals surface area contributed by atoms with E-state index in [0.29, 0.717) is 35.5 Å². The topological polar surface area (TPSA) is 105 Å². The second-order valence-electron chi connectivity index (χ2n) is 11.6. The van der Waals surface area contributed by atoms with Crippen molar-refractivity contribution in [3.8, 4) is 28.7 Å². The van der Waals surface area contributed by atoms with Gasteiger partial charge in [0.15, 0.2) is 17.6 Å². The first kappa shape index (κ1) is 33.9. The Morgan fingerprint density at radius 3 is 2.30 bits per heavy atom. The molecule has 0 fully saturated rings. The van der Waals surface area contributed by atoms with Crippen LogP contribution >= 0.6 is 0 Å². The van der Waals surface area contributed by atoms with E-state index in [1.807, 2.05) is 13.8 Å². The number of allylic oxidation sites excluding steroid dienone is 4. The second kappa shape index (κ2) is 18.1. The van der Waals surface area contributed by atoms with Crippen LogP contribution in [0.25, 0.3) is 0 Å². The molecule has 0 saturated carbocycles. The lowest BCUT2D eigenvalue weighted by atomic mass is 9.93. The number of hydrogen-bond acceptors (Lipinski definition) is 7. The zero-order valence-electron chi connectivity index (χ0n) is 26.1. The van der Waals surface area contributed by atoms with Crippen LogP contribution in [0.5, 0.6) is 28.7 Å². The van der Waals surface area contributed by atoms with Crippen molar-refractivity contribution in [2.45, 2.75) is 123 Å². The fourth-order valence-corrected chi connectivity index (χ4v) is 5.20. The van der Waals surface area contributed by atoms with Gasteiger partial charge in [-0.1, -0.05) is 69.4 Å². The van der Waals surface area contributed by atoms with Crippen molar-refractivity contribution in [1.82, 2.24) is 0 Å². The molecule has 3 rings (SSSR count). The van der Waals surface area contributed by atoms with Crippen LogP contribution in [0.15, 0.2) is 54.6 Å². The molecule has 0 amide bonds. The number of unbranched alkanes of at least 4 members (excludes halogenated alkanes) is 8. The lowest BCUT2D eigenvalue weighted by Gasteiger charge is -2.34. The third-order valence-electron chi connectivity index (χ3n) is 7.45. The van der Waals surface area contributed by atoms with Gasteiger partial charge < -0.3 is 29.5 Å². The molecule has 1 heterocycles. The number of rotatable bonds is 18. The van der Waals surface area contributed by atoms with Crippen molar-refractivity contribution >= 4 is 5.97 Å². The summed E-state index contributed by atoms with van der Waals surface area (Å²) in [5, 5.41) is 30.2. The van der Waals surface area contributed by atoms with Crippen molar-refractivity contribution in [2.24, 2.45) is 0 Å². The van der Waals surface area contributed by atoms with Crippen molar-refractivity contribution in [3.05, 3.63) is 65.8 Å². The second-order valence-corrected chi connectivity index (χ2v) is 11.6. The summed E-state index contributed by atoms with van der Waals surface area (Å²) in [5.41, 5.74) is 1.26. The average molecular weight is 595 g/mol. The molecule has 7 nitrogen and oxygen atoms in total. The average Bonchev–Trinajstić information content (AvgIpc) is 2.96. The van der Waals surface area contributed by atoms with E-state index in [0.717, 1.165) is 44.9 Å². The highest BCUT2D eigenvalue weighted by atomic mass is 16.6. The molecular weight excluding hydrogens is 544 g/mol. The normalized spacial score (nSPS) is 16.5. The molecule has 0 saturated heterocycles. The summed E-state index contributed by atoms with van der Waals surface area (Å²) in [4.78, 5) is 12.9. The molecule has 0 bridgehead atoms. The van der Waals surface area contributed by atoms with E-state index in [1.54, 1.807) is 6.07 Å². The summed E-state index contributed by atoms with van der Waals surface area (Å²) < 4.78 is 18.1. The minimum absolute atomic E-state index is 0.00140. The number of ether oxygens (including phenoxy) is 3. The largest absolute Gasteiger partial charge is 0.508 e. The quantitative estimate of drug-likeness (QED) is 0.0684. The van der Waals surface area contributed by atoms with E-state index in [1.165, 1.54) is 49.9 Å². The molecule has 2 atom stereocenters. The molecule has 2 aromatic carbocycles. The molecule has 0 aromatic heterocycles. The Labute approximate surface area is 257 Å². The van der Waals surface area contributed by atoms with Gasteiger partial charge in [-0.3, -0.25) is 4.79 Å². The van der Waals surface area contributed by atoms with Gasteiger partial charge in [-0.2, -0.15) is 0 Å². The lowest BCUT2D eigenvalue weighted by molar-refractivity contribution is -0.155. The molecule has 43 heavy (non-hydrogen) atoms. The third-order valence-corrected chi connectivity index (χ3v) is 7.45. The summed E-state index contributed by atoms with van der Waals surface area (Å²) in [6.45, 7) is 6.02. The molecule has 0 aliphatic carbocycles. The Hall–Kier alpha value is -3.61. The third kappa shape index (κ3) is 11.5. The van der Waals surface area contributed by atoms with Gasteiger partial charge in [-0.25, -0.2) is 0 Å². The number of fused-ring (bicyclic) bond motifs is 1. The number of benzene rings is 2. The maximum Gasteiger partial charge on any atom is 0.306 e. The van der Waals surface area contributed by atoms with Crippen molar-refractivity contribution in [1.29, 1.82) is 0 Å². The zero-order chi connectivity index (χ0) is 31.0. The minimum Gasteiger partial charge on any atom is -0.508 e. The van der Waals surface area contributed by atoms with E-state index >= 15 is 0 Å². The van der Waals surface area contributed by atoms with Crippen LogP contribution in [0, 0.1) is 0 Å². The Morgan fingerprint density at radius 2 is 1.60 bits per heavy atom. The maximum atomic E-state index is 12.9. The van der Waals surface area contributed by atoms with E-state index in [-0.39, 0.29) is 29.3 Å². The predicted octanol–water partition coefficient (Wildman–Crippen LogP) is 8.99. The zero-order valence-corrected chi connectivity index (χ0v) is 26.1. The molecule has 0 spiro atoms. The smallest absolute Gasteiger partial charge is 0.306 e. The van der Waals surface area contributed by atoms with Gasteiger partial charge in [0.25, 0.3) is 0 Å². The van der Waals surface area contributed by atoms with Crippen molar-refractivity contribution in [3.63, 3.8) is 0 Å². The molecule has 236 valence electrons. The Bertz CT molecular complexity index is 1200. The number of esters is 1.